The first-order valence-corrected chi connectivity index (χ1v) is 11.6. The number of fused-ring (bicyclic) bond motifs is 1. The number of carbonyl (C=O) groups excluding carboxylic acids is 4. The molecule has 16 heteroatoms. The normalized spacial score (nSPS) is 19.5. The molecule has 35 heavy (non-hydrogen) atoms. The maximum absolute atomic E-state index is 12.8. The number of benzene rings is 1. The van der Waals surface area contributed by atoms with E-state index in [9.17, 15) is 29.4 Å². The van der Waals surface area contributed by atoms with E-state index < -0.39 is 41.1 Å². The van der Waals surface area contributed by atoms with Crippen molar-refractivity contribution in [3.8, 4) is 0 Å². The quantitative estimate of drug-likeness (QED) is 0.147. The molecule has 0 bridgehead atoms. The van der Waals surface area contributed by atoms with Gasteiger partial charge in [-0.05, 0) is 21.6 Å². The molecule has 0 saturated carbocycles. The van der Waals surface area contributed by atoms with E-state index in [1.54, 1.807) is 25.2 Å². The summed E-state index contributed by atoms with van der Waals surface area (Å²) in [5.41, 5.74) is 0.415. The van der Waals surface area contributed by atoms with Crippen LogP contribution in [0.5, 0.6) is 0 Å². The molecule has 1 aromatic carbocycles. The molecule has 0 aliphatic carbocycles. The molecule has 2 unspecified atom stereocenters. The standard InChI is InChI=1S/C19H18N6O6S2.2Na/c1-24-19(21-22-23-24)33-8-10-7-32-16-12(15(27)25(16)13(10)18(30)31)20-14(26)11(17(28)29)9-5-3-2-4-6-9;;/h2-6,11-12,16H,7-8H2,1H3,(H,20,26)(H,28,29)(H,30,31);;/q;2*+1/p-2/t11?,12?,16-;;/m0../s1. The van der Waals surface area contributed by atoms with Gasteiger partial charge in [-0.3, -0.25) is 14.5 Å². The van der Waals surface area contributed by atoms with Crippen molar-refractivity contribution < 1.29 is 88.5 Å². The van der Waals surface area contributed by atoms with Crippen LogP contribution in [0.25, 0.3) is 0 Å². The average molecular weight is 534 g/mol. The van der Waals surface area contributed by atoms with E-state index in [2.05, 4.69) is 20.8 Å². The van der Waals surface area contributed by atoms with E-state index in [0.717, 1.165) is 4.90 Å². The van der Waals surface area contributed by atoms with E-state index in [-0.39, 0.29) is 81.9 Å². The van der Waals surface area contributed by atoms with Crippen molar-refractivity contribution in [1.29, 1.82) is 0 Å². The number of hydrogen-bond donors (Lipinski definition) is 1. The molecule has 1 fully saturated rings. The van der Waals surface area contributed by atoms with Crippen LogP contribution in [-0.4, -0.2) is 71.8 Å². The largest absolute Gasteiger partial charge is 1.00 e. The van der Waals surface area contributed by atoms with Crippen LogP contribution in [0.3, 0.4) is 0 Å². The number of aromatic nitrogens is 4. The molecule has 1 N–H and O–H groups in total. The minimum absolute atomic E-state index is 0. The van der Waals surface area contributed by atoms with Gasteiger partial charge in [-0.25, -0.2) is 4.68 Å². The molecule has 4 rings (SSSR count). The third kappa shape index (κ3) is 6.13. The van der Waals surface area contributed by atoms with Gasteiger partial charge in [0.25, 0.3) is 5.91 Å². The predicted octanol–water partition coefficient (Wildman–Crippen LogP) is -8.75. The van der Waals surface area contributed by atoms with Crippen LogP contribution in [0, 0.1) is 0 Å². The first-order valence-electron chi connectivity index (χ1n) is 9.59. The first-order chi connectivity index (χ1) is 15.8. The number of nitrogens with one attached hydrogen (secondary N) is 1. The number of carboxylic acid groups (broad SMARTS) is 2. The fraction of sp³-hybridized carbons (Fsp3) is 0.316. The van der Waals surface area contributed by atoms with Crippen LogP contribution in [-0.2, 0) is 26.2 Å². The Balaban J connectivity index is 0.00000216. The fourth-order valence-corrected chi connectivity index (χ4v) is 5.89. The van der Waals surface area contributed by atoms with Gasteiger partial charge in [0.1, 0.15) is 17.3 Å². The zero-order valence-corrected chi connectivity index (χ0v) is 24.7. The van der Waals surface area contributed by atoms with E-state index >= 15 is 0 Å². The molecule has 172 valence electrons. The Labute approximate surface area is 252 Å². The van der Waals surface area contributed by atoms with Gasteiger partial charge in [-0.15, -0.1) is 16.9 Å². The van der Waals surface area contributed by atoms with Gasteiger partial charge >= 0.3 is 59.1 Å². The molecule has 2 amide bonds. The van der Waals surface area contributed by atoms with Crippen molar-refractivity contribution >= 4 is 47.3 Å². The summed E-state index contributed by atoms with van der Waals surface area (Å²) in [7, 11) is 1.64. The monoisotopic (exact) mass is 534 g/mol. The van der Waals surface area contributed by atoms with Crippen molar-refractivity contribution in [1.82, 2.24) is 30.4 Å². The SMILES string of the molecule is Cn1nnnc1SCC1=C(C(=O)[O-])N2C(=O)C(NC(=O)C(C(=O)[O-])c3ccccc3)[C@@H]2SC1.[Na+].[Na+]. The number of tetrazole rings is 1. The summed E-state index contributed by atoms with van der Waals surface area (Å²) in [5.74, 6) is -5.80. The van der Waals surface area contributed by atoms with Crippen LogP contribution in [0.15, 0.2) is 46.8 Å². The van der Waals surface area contributed by atoms with E-state index in [4.69, 9.17) is 0 Å². The van der Waals surface area contributed by atoms with Crippen molar-refractivity contribution in [2.24, 2.45) is 7.05 Å². The minimum atomic E-state index is -1.61. The Kier molecular flexibility index (Phi) is 10.8. The van der Waals surface area contributed by atoms with Crippen molar-refractivity contribution in [3.05, 3.63) is 47.2 Å². The summed E-state index contributed by atoms with van der Waals surface area (Å²) >= 11 is 2.47. The van der Waals surface area contributed by atoms with Crippen LogP contribution in [0.4, 0.5) is 0 Å². The Morgan fingerprint density at radius 3 is 2.49 bits per heavy atom. The molecule has 2 aliphatic heterocycles. The molecule has 2 aromatic rings. The second-order valence-electron chi connectivity index (χ2n) is 7.17. The predicted molar refractivity (Wildman–Crippen MR) is 111 cm³/mol. The summed E-state index contributed by atoms with van der Waals surface area (Å²) in [6, 6.07) is 6.71. The molecule has 2 aliphatic rings. The molecule has 12 nitrogen and oxygen atoms in total. The zero-order chi connectivity index (χ0) is 23.7. The Bertz CT molecular complexity index is 1160. The van der Waals surface area contributed by atoms with Crippen LogP contribution in [0.2, 0.25) is 0 Å². The van der Waals surface area contributed by atoms with E-state index in [0.29, 0.717) is 10.7 Å². The second kappa shape index (κ2) is 12.7. The fourth-order valence-electron chi connectivity index (χ4n) is 3.55. The molecular formula is C19H16N6Na2O6S2. The second-order valence-corrected chi connectivity index (χ2v) is 9.22. The maximum Gasteiger partial charge on any atom is 1.00 e. The van der Waals surface area contributed by atoms with Gasteiger partial charge < -0.3 is 25.1 Å². The number of hydrogen-bond acceptors (Lipinski definition) is 11. The number of rotatable bonds is 8. The maximum atomic E-state index is 12.8. The Hall–Kier alpha value is -1.39. The van der Waals surface area contributed by atoms with Gasteiger partial charge in [0.15, 0.2) is 0 Å². The van der Waals surface area contributed by atoms with Crippen LogP contribution < -0.4 is 74.6 Å². The summed E-state index contributed by atoms with van der Waals surface area (Å²) in [5, 5.41) is 36.7. The number of carboxylic acids is 2. The number of nitrogens with zero attached hydrogens (tertiary/aromatic N) is 5. The number of amides is 2. The minimum Gasteiger partial charge on any atom is -0.549 e. The summed E-state index contributed by atoms with van der Waals surface area (Å²) in [6.45, 7) is 0. The summed E-state index contributed by atoms with van der Waals surface area (Å²) in [6.07, 6.45) is 0. The van der Waals surface area contributed by atoms with Gasteiger partial charge in [-0.1, -0.05) is 42.1 Å². The molecule has 3 heterocycles. The number of thioether (sulfide) groups is 2. The summed E-state index contributed by atoms with van der Waals surface area (Å²) in [4.78, 5) is 49.9. The van der Waals surface area contributed by atoms with E-state index in [1.165, 1.54) is 40.3 Å². The number of carbonyl (C=O) groups is 4. The third-order valence-corrected chi connectivity index (χ3v) is 7.56. The smallest absolute Gasteiger partial charge is 0.549 e. The van der Waals surface area contributed by atoms with E-state index in [1.807, 2.05) is 0 Å². The first kappa shape index (κ1) is 29.8. The third-order valence-electron chi connectivity index (χ3n) is 5.13. The van der Waals surface area contributed by atoms with Crippen molar-refractivity contribution in [2.45, 2.75) is 22.5 Å². The number of aryl methyl sites for hydroxylation is 1. The molecule has 1 saturated heterocycles. The van der Waals surface area contributed by atoms with Crippen LogP contribution in [0.1, 0.15) is 11.5 Å². The van der Waals surface area contributed by atoms with Crippen molar-refractivity contribution in [3.63, 3.8) is 0 Å². The molecular weight excluding hydrogens is 518 g/mol. The number of aliphatic carboxylic acids is 2. The van der Waals surface area contributed by atoms with Crippen molar-refractivity contribution in [2.75, 3.05) is 11.5 Å². The van der Waals surface area contributed by atoms with Gasteiger partial charge in [0.2, 0.25) is 11.1 Å². The Morgan fingerprint density at radius 1 is 1.23 bits per heavy atom. The van der Waals surface area contributed by atoms with Gasteiger partial charge in [0, 0.05) is 18.6 Å². The molecule has 0 spiro atoms. The zero-order valence-electron chi connectivity index (χ0n) is 19.0. The van der Waals surface area contributed by atoms with Gasteiger partial charge in [0.05, 0.1) is 17.6 Å². The number of β-lactam (4-membered cyclic amide) rings is 1. The van der Waals surface area contributed by atoms with Gasteiger partial charge in [-0.2, -0.15) is 0 Å². The molecule has 3 atom stereocenters. The topological polar surface area (TPSA) is 173 Å². The summed E-state index contributed by atoms with van der Waals surface area (Å²) < 4.78 is 1.43. The molecule has 0 radical (unpaired) electrons. The average Bonchev–Trinajstić information content (AvgIpc) is 3.20. The molecule has 1 aromatic heterocycles. The van der Waals surface area contributed by atoms with Crippen LogP contribution >= 0.6 is 23.5 Å². The Morgan fingerprint density at radius 2 is 1.91 bits per heavy atom.